The van der Waals surface area contributed by atoms with Crippen LogP contribution in [0.4, 0.5) is 0 Å². The van der Waals surface area contributed by atoms with Crippen LogP contribution in [0, 0.1) is 5.41 Å². The van der Waals surface area contributed by atoms with Crippen molar-refractivity contribution >= 4 is 33.6 Å². The monoisotopic (exact) mass is 375 g/mol. The van der Waals surface area contributed by atoms with Crippen LogP contribution in [0.15, 0.2) is 18.5 Å². The van der Waals surface area contributed by atoms with Gasteiger partial charge in [0.1, 0.15) is 5.65 Å². The van der Waals surface area contributed by atoms with Gasteiger partial charge in [-0.1, -0.05) is 0 Å². The normalized spacial score (nSPS) is 24.3. The standard InChI is InChI=1S/C17H22BN3O4S/c1-2-26(23,24)21-10-16(11-21)4-6-17(7-5-16)14-12-3-8-19-15(12)20-9-13(14)18(22)25-17/h3,8-9,22H,2,4-7,10-11H2,1H3,(H,19,20). The zero-order valence-corrected chi connectivity index (χ0v) is 15.6. The highest BCUT2D eigenvalue weighted by molar-refractivity contribution is 7.89. The summed E-state index contributed by atoms with van der Waals surface area (Å²) in [6.45, 7) is 2.92. The molecule has 0 unspecified atom stereocenters. The zero-order chi connectivity index (χ0) is 18.2. The van der Waals surface area contributed by atoms with Crippen molar-refractivity contribution in [2.75, 3.05) is 18.8 Å². The van der Waals surface area contributed by atoms with E-state index in [1.807, 2.05) is 12.3 Å². The molecule has 26 heavy (non-hydrogen) atoms. The smallest absolute Gasteiger partial charge is 0.423 e. The van der Waals surface area contributed by atoms with Crippen molar-refractivity contribution in [3.63, 3.8) is 0 Å². The summed E-state index contributed by atoms with van der Waals surface area (Å²) >= 11 is 0. The molecule has 2 aliphatic heterocycles. The predicted molar refractivity (Wildman–Crippen MR) is 98.4 cm³/mol. The van der Waals surface area contributed by atoms with Crippen molar-refractivity contribution in [1.82, 2.24) is 14.3 Å². The number of aromatic amines is 1. The van der Waals surface area contributed by atoms with Gasteiger partial charge >= 0.3 is 7.12 Å². The number of hydrogen-bond acceptors (Lipinski definition) is 5. The van der Waals surface area contributed by atoms with E-state index < -0.39 is 22.7 Å². The molecule has 1 saturated heterocycles. The van der Waals surface area contributed by atoms with Crippen molar-refractivity contribution < 1.29 is 18.1 Å². The summed E-state index contributed by atoms with van der Waals surface area (Å²) in [7, 11) is -4.03. The van der Waals surface area contributed by atoms with Crippen LogP contribution in [-0.2, 0) is 20.3 Å². The Morgan fingerprint density at radius 3 is 2.77 bits per heavy atom. The quantitative estimate of drug-likeness (QED) is 0.754. The molecule has 138 valence electrons. The minimum atomic E-state index is -3.09. The van der Waals surface area contributed by atoms with E-state index in [4.69, 9.17) is 4.65 Å². The summed E-state index contributed by atoms with van der Waals surface area (Å²) in [5, 5.41) is 11.4. The second kappa shape index (κ2) is 5.31. The zero-order valence-electron chi connectivity index (χ0n) is 14.7. The molecule has 2 aromatic heterocycles. The van der Waals surface area contributed by atoms with Crippen molar-refractivity contribution in [1.29, 1.82) is 0 Å². The molecule has 2 aromatic rings. The predicted octanol–water partition coefficient (Wildman–Crippen LogP) is 0.702. The molecule has 2 spiro atoms. The van der Waals surface area contributed by atoms with Crippen LogP contribution >= 0.6 is 0 Å². The van der Waals surface area contributed by atoms with Crippen LogP contribution in [-0.4, -0.2) is 53.7 Å². The van der Waals surface area contributed by atoms with Crippen LogP contribution in [0.5, 0.6) is 0 Å². The minimum absolute atomic E-state index is 0.0643. The molecule has 0 atom stereocenters. The Balaban J connectivity index is 1.43. The number of aromatic nitrogens is 2. The van der Waals surface area contributed by atoms with Gasteiger partial charge in [0, 0.05) is 36.3 Å². The van der Waals surface area contributed by atoms with E-state index in [0.29, 0.717) is 13.1 Å². The van der Waals surface area contributed by atoms with E-state index in [-0.39, 0.29) is 11.2 Å². The summed E-state index contributed by atoms with van der Waals surface area (Å²) in [4.78, 5) is 7.51. The molecule has 0 radical (unpaired) electrons. The number of nitrogens with zero attached hydrogens (tertiary/aromatic N) is 2. The average Bonchev–Trinajstić information content (AvgIpc) is 3.17. The fourth-order valence-corrected chi connectivity index (χ4v) is 6.31. The highest BCUT2D eigenvalue weighted by Gasteiger charge is 2.56. The van der Waals surface area contributed by atoms with Crippen LogP contribution in [0.3, 0.4) is 0 Å². The molecule has 0 bridgehead atoms. The number of rotatable bonds is 2. The molecule has 5 rings (SSSR count). The number of hydrogen-bond donors (Lipinski definition) is 2. The van der Waals surface area contributed by atoms with Crippen LogP contribution in [0.25, 0.3) is 11.0 Å². The van der Waals surface area contributed by atoms with E-state index in [0.717, 1.165) is 47.7 Å². The van der Waals surface area contributed by atoms with Crippen molar-refractivity contribution in [3.05, 3.63) is 24.0 Å². The Labute approximate surface area is 152 Å². The van der Waals surface area contributed by atoms with Gasteiger partial charge in [-0.05, 0) is 49.7 Å². The molecular formula is C17H22BN3O4S. The molecule has 0 amide bonds. The first kappa shape index (κ1) is 16.7. The highest BCUT2D eigenvalue weighted by atomic mass is 32.2. The molecule has 7 nitrogen and oxygen atoms in total. The lowest BCUT2D eigenvalue weighted by molar-refractivity contribution is -0.0595. The van der Waals surface area contributed by atoms with Gasteiger partial charge in [0.05, 0.1) is 11.4 Å². The first-order valence-corrected chi connectivity index (χ1v) is 10.8. The third kappa shape index (κ3) is 2.17. The third-order valence-corrected chi connectivity index (χ3v) is 8.35. The summed E-state index contributed by atoms with van der Waals surface area (Å²) < 4.78 is 31.8. The van der Waals surface area contributed by atoms with Crippen molar-refractivity contribution in [2.24, 2.45) is 5.41 Å². The molecule has 0 aromatic carbocycles. The Morgan fingerprint density at radius 2 is 2.08 bits per heavy atom. The highest BCUT2D eigenvalue weighted by Crippen LogP contribution is 2.54. The molecule has 2 N–H and O–H groups in total. The second-order valence-electron chi connectivity index (χ2n) is 7.96. The van der Waals surface area contributed by atoms with E-state index in [9.17, 15) is 13.4 Å². The van der Waals surface area contributed by atoms with Crippen LogP contribution in [0.2, 0.25) is 0 Å². The molecular weight excluding hydrogens is 353 g/mol. The molecule has 9 heteroatoms. The summed E-state index contributed by atoms with van der Waals surface area (Å²) in [5.41, 5.74) is 2.20. The van der Waals surface area contributed by atoms with Gasteiger partial charge in [-0.15, -0.1) is 0 Å². The van der Waals surface area contributed by atoms with Crippen molar-refractivity contribution in [3.8, 4) is 0 Å². The Kier molecular flexibility index (Phi) is 3.42. The summed E-state index contributed by atoms with van der Waals surface area (Å²) in [6.07, 6.45) is 6.96. The first-order chi connectivity index (χ1) is 12.4. The lowest BCUT2D eigenvalue weighted by Gasteiger charge is -2.54. The molecule has 1 aliphatic carbocycles. The fourth-order valence-electron chi connectivity index (χ4n) is 5.00. The average molecular weight is 375 g/mol. The Bertz CT molecular complexity index is 973. The first-order valence-electron chi connectivity index (χ1n) is 9.18. The van der Waals surface area contributed by atoms with E-state index in [1.165, 1.54) is 0 Å². The Morgan fingerprint density at radius 1 is 1.35 bits per heavy atom. The fraction of sp³-hybridized carbons (Fsp3) is 0.588. The minimum Gasteiger partial charge on any atom is -0.423 e. The Hall–Kier alpha value is -1.42. The van der Waals surface area contributed by atoms with Crippen LogP contribution < -0.4 is 5.46 Å². The van der Waals surface area contributed by atoms with Gasteiger partial charge in [-0.2, -0.15) is 0 Å². The van der Waals surface area contributed by atoms with Gasteiger partial charge in [0.2, 0.25) is 10.0 Å². The second-order valence-corrected chi connectivity index (χ2v) is 10.2. The van der Waals surface area contributed by atoms with Crippen molar-refractivity contribution in [2.45, 2.75) is 38.2 Å². The SMILES string of the molecule is CCS(=O)(=O)N1CC2(CCC3(CC2)OB(O)c2cnc4[nH]ccc4c23)C1. The number of fused-ring (bicyclic) bond motifs is 4. The maximum atomic E-state index is 12.0. The maximum absolute atomic E-state index is 12.0. The van der Waals surface area contributed by atoms with Gasteiger partial charge in [0.15, 0.2) is 0 Å². The third-order valence-electron chi connectivity index (χ3n) is 6.57. The molecule has 1 saturated carbocycles. The van der Waals surface area contributed by atoms with Gasteiger partial charge in [-0.3, -0.25) is 0 Å². The summed E-state index contributed by atoms with van der Waals surface area (Å²) in [6, 6.07) is 1.99. The number of nitrogens with one attached hydrogen (secondary N) is 1. The number of pyridine rings is 1. The largest absolute Gasteiger partial charge is 0.493 e. The molecule has 4 heterocycles. The van der Waals surface area contributed by atoms with Crippen LogP contribution in [0.1, 0.15) is 38.2 Å². The lowest BCUT2D eigenvalue weighted by Crippen LogP contribution is -2.60. The molecule has 2 fully saturated rings. The number of H-pyrrole nitrogens is 1. The van der Waals surface area contributed by atoms with E-state index in [2.05, 4.69) is 9.97 Å². The van der Waals surface area contributed by atoms with E-state index >= 15 is 0 Å². The topological polar surface area (TPSA) is 95.5 Å². The van der Waals surface area contributed by atoms with Gasteiger partial charge < -0.3 is 14.7 Å². The molecule has 3 aliphatic rings. The lowest BCUT2D eigenvalue weighted by atomic mass is 9.63. The maximum Gasteiger partial charge on any atom is 0.493 e. The number of sulfonamides is 1. The van der Waals surface area contributed by atoms with Gasteiger partial charge in [-0.25, -0.2) is 17.7 Å². The summed E-state index contributed by atoms with van der Waals surface area (Å²) in [5.74, 6) is 0.161. The van der Waals surface area contributed by atoms with Gasteiger partial charge in [0.25, 0.3) is 0 Å². The van der Waals surface area contributed by atoms with E-state index in [1.54, 1.807) is 17.4 Å².